The molecule has 3 nitrogen and oxygen atoms in total. The van der Waals surface area contributed by atoms with Gasteiger partial charge in [-0.25, -0.2) is 0 Å². The number of rotatable bonds is 0. The maximum atomic E-state index is 9.75. The Morgan fingerprint density at radius 3 is 0.600 bits per heavy atom. The van der Waals surface area contributed by atoms with E-state index in [1.807, 2.05) is 0 Å². The Morgan fingerprint density at radius 2 is 0.600 bits per heavy atom. The summed E-state index contributed by atoms with van der Waals surface area (Å²) in [7, 11) is -14.2. The van der Waals surface area contributed by atoms with Crippen LogP contribution in [0.15, 0.2) is 0 Å². The van der Waals surface area contributed by atoms with Gasteiger partial charge in [-0.3, -0.25) is 0 Å². The first kappa shape index (κ1) is 24.4. The minimum absolute atomic E-state index is 0. The quantitative estimate of drug-likeness (QED) is 0.411. The summed E-state index contributed by atoms with van der Waals surface area (Å²) in [5, 5.41) is 21.5. The zero-order valence-corrected chi connectivity index (χ0v) is 6.10. The van der Waals surface area contributed by atoms with Crippen LogP contribution in [0.2, 0.25) is 0 Å². The first-order valence-corrected chi connectivity index (χ1v) is 2.52. The van der Waals surface area contributed by atoms with E-state index in [4.69, 9.17) is 15.1 Å². The van der Waals surface area contributed by atoms with Crippen molar-refractivity contribution in [3.63, 3.8) is 0 Å². The van der Waals surface area contributed by atoms with E-state index in [2.05, 4.69) is 0 Å². The van der Waals surface area contributed by atoms with E-state index in [1.165, 1.54) is 0 Å². The molecule has 0 unspecified atom stereocenters. The molecule has 0 aliphatic rings. The zero-order chi connectivity index (χ0) is 12.6. The second kappa shape index (κ2) is 10.6. The molecule has 0 aliphatic heterocycles. The molecule has 0 aromatic rings. The van der Waals surface area contributed by atoms with Crippen LogP contribution in [0.5, 0.6) is 0 Å². The van der Waals surface area contributed by atoms with Gasteiger partial charge < -0.3 is 49.6 Å². The van der Waals surface area contributed by atoms with Gasteiger partial charge in [0.2, 0.25) is 0 Å². The molecule has 0 heterocycles. The summed E-state index contributed by atoms with van der Waals surface area (Å²) in [6, 6.07) is 0. The van der Waals surface area contributed by atoms with E-state index >= 15 is 0 Å². The second-order valence-electron chi connectivity index (χ2n) is 1.34. The first-order chi connectivity index (χ1) is 5.73. The Kier molecular flexibility index (Phi) is 17.3. The van der Waals surface area contributed by atoms with Crippen molar-refractivity contribution in [3.8, 4) is 0 Å². The standard InChI is InChI=1S/2BF4.BH3O3.Li.H/c2*2-1(3,4)5;2-1(3)4;;/h;;2-4H;;/q2*-1;;;. The van der Waals surface area contributed by atoms with E-state index < -0.39 is 21.8 Å². The molecule has 90 valence electrons. The van der Waals surface area contributed by atoms with Gasteiger partial charge in [0.1, 0.15) is 0 Å². The molecule has 0 aliphatic carbocycles. The molecule has 0 fully saturated rings. The Bertz CT molecular complexity index is 94.5. The SMILES string of the molecule is F[B-](F)(F)F.F[B-](F)(F)F.OB(O)O.[LiH]. The van der Waals surface area contributed by atoms with E-state index in [0.717, 1.165) is 0 Å². The molecular weight excluding hydrogens is 239 g/mol. The summed E-state index contributed by atoms with van der Waals surface area (Å²) < 4.78 is 78.0. The van der Waals surface area contributed by atoms with Crippen LogP contribution in [0.25, 0.3) is 0 Å². The number of hydrogen-bond donors (Lipinski definition) is 3. The van der Waals surface area contributed by atoms with Gasteiger partial charge in [-0.2, -0.15) is 0 Å². The monoisotopic (exact) mass is 244 g/mol. The van der Waals surface area contributed by atoms with Crippen LogP contribution in [0.4, 0.5) is 34.5 Å². The van der Waals surface area contributed by atoms with Gasteiger partial charge in [0.25, 0.3) is 0 Å². The fourth-order valence-corrected chi connectivity index (χ4v) is 0. The van der Waals surface area contributed by atoms with Gasteiger partial charge in [-0.05, 0) is 0 Å². The van der Waals surface area contributed by atoms with Crippen LogP contribution in [0.1, 0.15) is 0 Å². The fraction of sp³-hybridized carbons (Fsp3) is 0. The molecule has 3 N–H and O–H groups in total. The van der Waals surface area contributed by atoms with Crippen LogP contribution >= 0.6 is 0 Å². The van der Waals surface area contributed by atoms with Gasteiger partial charge in [-0.15, -0.1) is 0 Å². The Hall–Kier alpha value is 0.112. The van der Waals surface area contributed by atoms with E-state index in [0.29, 0.717) is 0 Å². The summed E-state index contributed by atoms with van der Waals surface area (Å²) in [6.07, 6.45) is 0. The van der Waals surface area contributed by atoms with Gasteiger partial charge in [0.15, 0.2) is 0 Å². The Balaban J connectivity index is -0.0000000590. The van der Waals surface area contributed by atoms with Crippen molar-refractivity contribution >= 4 is 40.7 Å². The molecule has 0 aromatic heterocycles. The molecule has 0 atom stereocenters. The molecule has 0 aromatic carbocycles. The Morgan fingerprint density at radius 1 is 0.600 bits per heavy atom. The molecule has 0 bridgehead atoms. The van der Waals surface area contributed by atoms with E-state index in [1.54, 1.807) is 0 Å². The molecule has 15 heavy (non-hydrogen) atoms. The average Bonchev–Trinajstić information content (AvgIpc) is 1.45. The van der Waals surface area contributed by atoms with Crippen LogP contribution < -0.4 is 0 Å². The molecule has 0 amide bonds. The summed E-state index contributed by atoms with van der Waals surface area (Å²) in [5.41, 5.74) is 0. The van der Waals surface area contributed by atoms with Crippen LogP contribution in [-0.4, -0.2) is 55.8 Å². The van der Waals surface area contributed by atoms with Crippen molar-refractivity contribution in [2.45, 2.75) is 0 Å². The molecular formula is H4B3F8LiO3-2. The predicted molar refractivity (Wildman–Crippen MR) is 39.9 cm³/mol. The van der Waals surface area contributed by atoms with Gasteiger partial charge in [-0.1, -0.05) is 0 Å². The molecule has 0 radical (unpaired) electrons. The normalized spacial score (nSPS) is 9.80. The fourth-order valence-electron chi connectivity index (χ4n) is 0. The molecule has 0 saturated carbocycles. The van der Waals surface area contributed by atoms with Crippen LogP contribution in [0, 0.1) is 0 Å². The van der Waals surface area contributed by atoms with Crippen LogP contribution in [-0.2, 0) is 0 Å². The van der Waals surface area contributed by atoms with Crippen molar-refractivity contribution in [2.24, 2.45) is 0 Å². The first-order valence-electron chi connectivity index (χ1n) is 2.52. The van der Waals surface area contributed by atoms with Gasteiger partial charge in [0, 0.05) is 0 Å². The summed E-state index contributed by atoms with van der Waals surface area (Å²) in [4.78, 5) is 0. The average molecular weight is 243 g/mol. The topological polar surface area (TPSA) is 60.7 Å². The third-order valence-electron chi connectivity index (χ3n) is 0. The van der Waals surface area contributed by atoms with Crippen molar-refractivity contribution < 1.29 is 49.6 Å². The molecule has 15 heteroatoms. The summed E-state index contributed by atoms with van der Waals surface area (Å²) >= 11 is 0. The van der Waals surface area contributed by atoms with Gasteiger partial charge >= 0.3 is 40.7 Å². The third-order valence-corrected chi connectivity index (χ3v) is 0. The van der Waals surface area contributed by atoms with Crippen molar-refractivity contribution in [1.29, 1.82) is 0 Å². The number of halogens is 8. The summed E-state index contributed by atoms with van der Waals surface area (Å²) in [5.74, 6) is 0. The van der Waals surface area contributed by atoms with Crippen molar-refractivity contribution in [1.82, 2.24) is 0 Å². The van der Waals surface area contributed by atoms with Crippen LogP contribution in [0.3, 0.4) is 0 Å². The van der Waals surface area contributed by atoms with Crippen molar-refractivity contribution in [3.05, 3.63) is 0 Å². The summed E-state index contributed by atoms with van der Waals surface area (Å²) in [6.45, 7) is 0. The number of hydrogen-bond acceptors (Lipinski definition) is 3. The predicted octanol–water partition coefficient (Wildman–Crippen LogP) is -0.100. The molecule has 0 rings (SSSR count). The maximum absolute atomic E-state index is 9.75. The van der Waals surface area contributed by atoms with Crippen molar-refractivity contribution in [2.75, 3.05) is 0 Å². The Labute approximate surface area is 91.0 Å². The minimum atomic E-state index is -6.00. The second-order valence-corrected chi connectivity index (χ2v) is 1.34. The van der Waals surface area contributed by atoms with E-state index in [-0.39, 0.29) is 18.9 Å². The van der Waals surface area contributed by atoms with Gasteiger partial charge in [0.05, 0.1) is 0 Å². The third kappa shape index (κ3) is 164000. The molecule has 0 saturated heterocycles. The van der Waals surface area contributed by atoms with E-state index in [9.17, 15) is 34.5 Å². The molecule has 0 spiro atoms. The zero-order valence-electron chi connectivity index (χ0n) is 6.10.